The highest BCUT2D eigenvalue weighted by Gasteiger charge is 2.19. The van der Waals surface area contributed by atoms with Crippen LogP contribution >= 0.6 is 0 Å². The molecule has 1 rings (SSSR count). The van der Waals surface area contributed by atoms with Gasteiger partial charge in [-0.15, -0.1) is 0 Å². The molecule has 0 aromatic heterocycles. The molecule has 1 aliphatic rings. The quantitative estimate of drug-likeness (QED) is 0.602. The summed E-state index contributed by atoms with van der Waals surface area (Å²) in [5.41, 5.74) is 0.826. The predicted octanol–water partition coefficient (Wildman–Crippen LogP) is 1.20. The molecule has 0 aromatic carbocycles. The van der Waals surface area contributed by atoms with Crippen LogP contribution in [0.25, 0.3) is 0 Å². The number of likely N-dealkylation sites (N-methyl/N-ethyl adjacent to an activating group) is 1. The van der Waals surface area contributed by atoms with E-state index in [2.05, 4.69) is 4.90 Å². The fourth-order valence-corrected chi connectivity index (χ4v) is 1.61. The Morgan fingerprint density at radius 1 is 1.62 bits per heavy atom. The zero-order chi connectivity index (χ0) is 9.84. The number of hydrogen-bond donors (Lipinski definition) is 0. The highest BCUT2D eigenvalue weighted by atomic mass is 16.5. The largest absolute Gasteiger partial charge is 0.466 e. The van der Waals surface area contributed by atoms with Crippen molar-refractivity contribution in [1.29, 1.82) is 0 Å². The number of ether oxygens (including phenoxy) is 1. The van der Waals surface area contributed by atoms with Crippen molar-refractivity contribution >= 4 is 5.97 Å². The summed E-state index contributed by atoms with van der Waals surface area (Å²) in [4.78, 5) is 13.4. The van der Waals surface area contributed by atoms with Gasteiger partial charge < -0.3 is 9.64 Å². The van der Waals surface area contributed by atoms with Crippen LogP contribution in [-0.4, -0.2) is 38.1 Å². The Kier molecular flexibility index (Phi) is 3.48. The first kappa shape index (κ1) is 10.3. The molecule has 0 spiro atoms. The van der Waals surface area contributed by atoms with Crippen LogP contribution in [0.1, 0.15) is 19.3 Å². The monoisotopic (exact) mass is 183 g/mol. The molecule has 0 heterocycles. The minimum atomic E-state index is -0.174. The molecule has 0 amide bonds. The van der Waals surface area contributed by atoms with Crippen molar-refractivity contribution in [2.45, 2.75) is 25.3 Å². The second-order valence-corrected chi connectivity index (χ2v) is 3.61. The van der Waals surface area contributed by atoms with E-state index in [0.717, 1.165) is 24.8 Å². The van der Waals surface area contributed by atoms with Crippen LogP contribution in [0.4, 0.5) is 0 Å². The van der Waals surface area contributed by atoms with Gasteiger partial charge in [0.1, 0.15) is 0 Å². The summed E-state index contributed by atoms with van der Waals surface area (Å²) < 4.78 is 4.69. The zero-order valence-electron chi connectivity index (χ0n) is 8.54. The van der Waals surface area contributed by atoms with Gasteiger partial charge in [0.15, 0.2) is 0 Å². The average molecular weight is 183 g/mol. The molecular formula is C10H17NO2. The lowest BCUT2D eigenvalue weighted by Gasteiger charge is -2.25. The van der Waals surface area contributed by atoms with Crippen molar-refractivity contribution in [3.63, 3.8) is 0 Å². The minimum Gasteiger partial charge on any atom is -0.466 e. The van der Waals surface area contributed by atoms with E-state index in [4.69, 9.17) is 4.74 Å². The van der Waals surface area contributed by atoms with E-state index in [9.17, 15) is 4.79 Å². The number of carbonyl (C=O) groups is 1. The summed E-state index contributed by atoms with van der Waals surface area (Å²) in [5.74, 6) is -0.174. The molecule has 1 aliphatic carbocycles. The van der Waals surface area contributed by atoms with Crippen LogP contribution in [0.3, 0.4) is 0 Å². The van der Waals surface area contributed by atoms with Crippen LogP contribution in [0.5, 0.6) is 0 Å². The van der Waals surface area contributed by atoms with Gasteiger partial charge in [-0.2, -0.15) is 0 Å². The summed E-state index contributed by atoms with van der Waals surface area (Å²) in [6, 6.07) is 0.392. The SMILES string of the molecule is COC(=O)C1=C[C@H](N(C)C)CCC1. The number of rotatable bonds is 2. The van der Waals surface area contributed by atoms with E-state index in [1.807, 2.05) is 20.2 Å². The smallest absolute Gasteiger partial charge is 0.333 e. The van der Waals surface area contributed by atoms with Gasteiger partial charge in [0.2, 0.25) is 0 Å². The maximum absolute atomic E-state index is 11.2. The van der Waals surface area contributed by atoms with Gasteiger partial charge in [-0.1, -0.05) is 6.08 Å². The molecule has 0 aliphatic heterocycles. The Bertz CT molecular complexity index is 221. The van der Waals surface area contributed by atoms with Gasteiger partial charge in [-0.25, -0.2) is 4.79 Å². The van der Waals surface area contributed by atoms with Crippen LogP contribution in [-0.2, 0) is 9.53 Å². The molecule has 1 atom stereocenters. The highest BCUT2D eigenvalue weighted by molar-refractivity contribution is 5.88. The van der Waals surface area contributed by atoms with Crippen LogP contribution in [0, 0.1) is 0 Å². The summed E-state index contributed by atoms with van der Waals surface area (Å²) in [6.07, 6.45) is 5.09. The molecule has 3 heteroatoms. The summed E-state index contributed by atoms with van der Waals surface area (Å²) >= 11 is 0. The summed E-state index contributed by atoms with van der Waals surface area (Å²) in [7, 11) is 5.49. The third kappa shape index (κ3) is 2.56. The number of methoxy groups -OCH3 is 1. The van der Waals surface area contributed by atoms with E-state index in [1.54, 1.807) is 0 Å². The highest BCUT2D eigenvalue weighted by Crippen LogP contribution is 2.21. The molecule has 0 aromatic rings. The third-order valence-electron chi connectivity index (χ3n) is 2.45. The van der Waals surface area contributed by atoms with Gasteiger partial charge in [0, 0.05) is 11.6 Å². The van der Waals surface area contributed by atoms with Crippen LogP contribution in [0.2, 0.25) is 0 Å². The lowest BCUT2D eigenvalue weighted by atomic mass is 9.95. The molecule has 0 saturated carbocycles. The number of carbonyl (C=O) groups excluding carboxylic acids is 1. The van der Waals surface area contributed by atoms with Crippen molar-refractivity contribution < 1.29 is 9.53 Å². The first-order valence-electron chi connectivity index (χ1n) is 4.60. The summed E-state index contributed by atoms with van der Waals surface area (Å²) in [5, 5.41) is 0. The van der Waals surface area contributed by atoms with E-state index < -0.39 is 0 Å². The molecule has 0 radical (unpaired) electrons. The van der Waals surface area contributed by atoms with E-state index in [-0.39, 0.29) is 5.97 Å². The Morgan fingerprint density at radius 3 is 2.85 bits per heavy atom. The number of hydrogen-bond acceptors (Lipinski definition) is 3. The zero-order valence-corrected chi connectivity index (χ0v) is 8.54. The molecule has 0 saturated heterocycles. The normalized spacial score (nSPS) is 22.8. The molecule has 0 fully saturated rings. The number of nitrogens with zero attached hydrogens (tertiary/aromatic N) is 1. The van der Waals surface area contributed by atoms with E-state index in [1.165, 1.54) is 7.11 Å². The molecule has 13 heavy (non-hydrogen) atoms. The minimum absolute atomic E-state index is 0.174. The van der Waals surface area contributed by atoms with Crippen molar-refractivity contribution in [3.05, 3.63) is 11.6 Å². The Labute approximate surface area is 79.4 Å². The van der Waals surface area contributed by atoms with Gasteiger partial charge in [0.05, 0.1) is 7.11 Å². The molecule has 74 valence electrons. The maximum Gasteiger partial charge on any atom is 0.333 e. The Balaban J connectivity index is 2.69. The molecule has 0 bridgehead atoms. The molecule has 0 N–H and O–H groups in total. The van der Waals surface area contributed by atoms with Crippen molar-refractivity contribution in [2.24, 2.45) is 0 Å². The van der Waals surface area contributed by atoms with E-state index in [0.29, 0.717) is 6.04 Å². The fraction of sp³-hybridized carbons (Fsp3) is 0.700. The molecule has 3 nitrogen and oxygen atoms in total. The maximum atomic E-state index is 11.2. The fourth-order valence-electron chi connectivity index (χ4n) is 1.61. The topological polar surface area (TPSA) is 29.5 Å². The van der Waals surface area contributed by atoms with Gasteiger partial charge >= 0.3 is 5.97 Å². The Hall–Kier alpha value is -0.830. The third-order valence-corrected chi connectivity index (χ3v) is 2.45. The molecule has 0 unspecified atom stereocenters. The first-order chi connectivity index (χ1) is 6.15. The van der Waals surface area contributed by atoms with Crippen LogP contribution in [0.15, 0.2) is 11.6 Å². The number of esters is 1. The second kappa shape index (κ2) is 4.42. The lowest BCUT2D eigenvalue weighted by Crippen LogP contribution is -2.29. The standard InChI is InChI=1S/C10H17NO2/c1-11(2)9-6-4-5-8(7-9)10(12)13-3/h7,9H,4-6H2,1-3H3/t9-/m1/s1. The predicted molar refractivity (Wildman–Crippen MR) is 51.4 cm³/mol. The van der Waals surface area contributed by atoms with Crippen molar-refractivity contribution in [1.82, 2.24) is 4.90 Å². The van der Waals surface area contributed by atoms with E-state index >= 15 is 0 Å². The van der Waals surface area contributed by atoms with Gasteiger partial charge in [-0.05, 0) is 33.4 Å². The van der Waals surface area contributed by atoms with Crippen LogP contribution < -0.4 is 0 Å². The second-order valence-electron chi connectivity index (χ2n) is 3.61. The molecular weight excluding hydrogens is 166 g/mol. The van der Waals surface area contributed by atoms with Gasteiger partial charge in [-0.3, -0.25) is 0 Å². The summed E-state index contributed by atoms with van der Waals surface area (Å²) in [6.45, 7) is 0. The van der Waals surface area contributed by atoms with Crippen molar-refractivity contribution in [2.75, 3.05) is 21.2 Å². The lowest BCUT2D eigenvalue weighted by molar-refractivity contribution is -0.136. The van der Waals surface area contributed by atoms with Gasteiger partial charge in [0.25, 0.3) is 0 Å². The Morgan fingerprint density at radius 2 is 2.31 bits per heavy atom. The van der Waals surface area contributed by atoms with Crippen molar-refractivity contribution in [3.8, 4) is 0 Å². The first-order valence-corrected chi connectivity index (χ1v) is 4.60. The average Bonchev–Trinajstić information content (AvgIpc) is 2.17.